The van der Waals surface area contributed by atoms with Crippen molar-refractivity contribution in [3.8, 4) is 11.8 Å². The lowest BCUT2D eigenvalue weighted by molar-refractivity contribution is -0.150. The Morgan fingerprint density at radius 2 is 2.06 bits per heavy atom. The molecular formula is C22H24ClN3O5S. The topological polar surface area (TPSA) is 109 Å². The van der Waals surface area contributed by atoms with Gasteiger partial charge in [0.15, 0.2) is 0 Å². The van der Waals surface area contributed by atoms with Crippen LogP contribution >= 0.6 is 23.4 Å². The summed E-state index contributed by atoms with van der Waals surface area (Å²) in [5.74, 6) is -3.03. The molecule has 0 saturated carbocycles. The molecule has 2 atom stereocenters. The van der Waals surface area contributed by atoms with Crippen LogP contribution in [-0.2, 0) is 19.1 Å². The highest BCUT2D eigenvalue weighted by Crippen LogP contribution is 2.42. The Balaban J connectivity index is 1.97. The van der Waals surface area contributed by atoms with E-state index in [1.54, 1.807) is 23.1 Å². The Hall–Kier alpha value is -2.70. The summed E-state index contributed by atoms with van der Waals surface area (Å²) in [6.07, 6.45) is 1.95. The zero-order chi connectivity index (χ0) is 23.3. The summed E-state index contributed by atoms with van der Waals surface area (Å²) < 4.78 is 10.3. The van der Waals surface area contributed by atoms with E-state index in [9.17, 15) is 19.6 Å². The van der Waals surface area contributed by atoms with Crippen LogP contribution < -0.4 is 10.1 Å². The fourth-order valence-corrected chi connectivity index (χ4v) is 5.05. The molecule has 1 saturated heterocycles. The summed E-state index contributed by atoms with van der Waals surface area (Å²) in [6.45, 7) is 3.68. The smallest absolute Gasteiger partial charge is 0.319 e. The number of ether oxygens (including phenoxy) is 2. The standard InChI is InChI=1S/C22H24ClN3O5S/c1-3-31-16-7-6-13(10-15(16)23)18-14(11-24)21(25-20(28)19(18)22(29)30-2)32-12-17(27)26-8-4-5-9-26/h6-7,10,18-19H,3-5,8-9,12H2,1-2H3,(H,25,28)/t18-,19-/m0/s1. The maximum atomic E-state index is 12.9. The minimum absolute atomic E-state index is 0.0534. The highest BCUT2D eigenvalue weighted by atomic mass is 35.5. The van der Waals surface area contributed by atoms with Gasteiger partial charge in [-0.3, -0.25) is 14.4 Å². The van der Waals surface area contributed by atoms with Crippen LogP contribution in [-0.4, -0.2) is 55.2 Å². The average molecular weight is 478 g/mol. The molecule has 2 aliphatic heterocycles. The Kier molecular flexibility index (Phi) is 8.04. The number of nitrogens with one attached hydrogen (secondary N) is 1. The van der Waals surface area contributed by atoms with E-state index in [1.807, 2.05) is 6.92 Å². The number of likely N-dealkylation sites (tertiary alicyclic amines) is 1. The quantitative estimate of drug-likeness (QED) is 0.475. The monoisotopic (exact) mass is 477 g/mol. The lowest BCUT2D eigenvalue weighted by Gasteiger charge is -2.31. The molecule has 1 N–H and O–H groups in total. The van der Waals surface area contributed by atoms with Gasteiger partial charge in [-0.1, -0.05) is 29.4 Å². The van der Waals surface area contributed by atoms with Crippen LogP contribution in [0.15, 0.2) is 28.8 Å². The minimum atomic E-state index is -1.26. The largest absolute Gasteiger partial charge is 0.492 e. The number of allylic oxidation sites excluding steroid dienone is 1. The van der Waals surface area contributed by atoms with Crippen molar-refractivity contribution in [2.75, 3.05) is 32.6 Å². The second-order valence-corrected chi connectivity index (χ2v) is 8.71. The Morgan fingerprint density at radius 1 is 1.34 bits per heavy atom. The molecule has 2 amide bonds. The Labute approximate surface area is 195 Å². The fourth-order valence-electron chi connectivity index (χ4n) is 3.85. The molecule has 32 heavy (non-hydrogen) atoms. The lowest BCUT2D eigenvalue weighted by Crippen LogP contribution is -2.44. The van der Waals surface area contributed by atoms with Gasteiger partial charge in [0.1, 0.15) is 11.7 Å². The van der Waals surface area contributed by atoms with Gasteiger partial charge in [0.05, 0.1) is 41.2 Å². The molecule has 2 heterocycles. The number of hydrogen-bond donors (Lipinski definition) is 1. The van der Waals surface area contributed by atoms with Crippen molar-refractivity contribution in [3.05, 3.63) is 39.4 Å². The number of nitriles is 1. The molecule has 8 nitrogen and oxygen atoms in total. The van der Waals surface area contributed by atoms with E-state index in [-0.39, 0.29) is 22.3 Å². The van der Waals surface area contributed by atoms with Crippen LogP contribution in [0.2, 0.25) is 5.02 Å². The van der Waals surface area contributed by atoms with Crippen molar-refractivity contribution in [1.82, 2.24) is 10.2 Å². The number of rotatable bonds is 7. The number of halogens is 1. The summed E-state index contributed by atoms with van der Waals surface area (Å²) in [5, 5.41) is 13.2. The summed E-state index contributed by atoms with van der Waals surface area (Å²) >= 11 is 7.42. The van der Waals surface area contributed by atoms with Crippen molar-refractivity contribution >= 4 is 41.1 Å². The van der Waals surface area contributed by atoms with Gasteiger partial charge < -0.3 is 19.7 Å². The first kappa shape index (κ1) is 24.0. The molecule has 1 aromatic carbocycles. The van der Waals surface area contributed by atoms with E-state index in [4.69, 9.17) is 21.1 Å². The summed E-state index contributed by atoms with van der Waals surface area (Å²) in [7, 11) is 1.19. The summed E-state index contributed by atoms with van der Waals surface area (Å²) in [4.78, 5) is 39.6. The molecule has 0 spiro atoms. The number of nitrogens with zero attached hydrogens (tertiary/aromatic N) is 2. The van der Waals surface area contributed by atoms with Gasteiger partial charge in [-0.05, 0) is 37.5 Å². The zero-order valence-electron chi connectivity index (χ0n) is 17.9. The average Bonchev–Trinajstić information content (AvgIpc) is 3.33. The lowest BCUT2D eigenvalue weighted by atomic mass is 9.78. The molecule has 0 aliphatic carbocycles. The molecular weight excluding hydrogens is 454 g/mol. The number of benzene rings is 1. The molecule has 170 valence electrons. The number of methoxy groups -OCH3 is 1. The first-order valence-corrected chi connectivity index (χ1v) is 11.6. The van der Waals surface area contributed by atoms with Crippen molar-refractivity contribution in [2.24, 2.45) is 5.92 Å². The SMILES string of the molecule is CCOc1ccc([C@H]2C(C#N)=C(SCC(=O)N3CCCC3)NC(=O)[C@H]2C(=O)OC)cc1Cl. The van der Waals surface area contributed by atoms with Gasteiger partial charge in [0, 0.05) is 19.0 Å². The van der Waals surface area contributed by atoms with Gasteiger partial charge in [-0.2, -0.15) is 5.26 Å². The van der Waals surface area contributed by atoms with Crippen molar-refractivity contribution in [3.63, 3.8) is 0 Å². The van der Waals surface area contributed by atoms with Crippen LogP contribution in [0.4, 0.5) is 0 Å². The van der Waals surface area contributed by atoms with Gasteiger partial charge >= 0.3 is 5.97 Å². The third-order valence-electron chi connectivity index (χ3n) is 5.40. The van der Waals surface area contributed by atoms with Gasteiger partial charge in [-0.15, -0.1) is 0 Å². The highest BCUT2D eigenvalue weighted by molar-refractivity contribution is 8.03. The normalized spacial score (nSPS) is 20.6. The molecule has 2 aliphatic rings. The fraction of sp³-hybridized carbons (Fsp3) is 0.455. The number of carbonyl (C=O) groups excluding carboxylic acids is 3. The Bertz CT molecular complexity index is 984. The predicted molar refractivity (Wildman–Crippen MR) is 120 cm³/mol. The first-order valence-electron chi connectivity index (χ1n) is 10.3. The van der Waals surface area contributed by atoms with Crippen LogP contribution in [0.25, 0.3) is 0 Å². The molecule has 1 aromatic rings. The second-order valence-electron chi connectivity index (χ2n) is 7.32. The number of hydrogen-bond acceptors (Lipinski definition) is 7. The molecule has 10 heteroatoms. The highest BCUT2D eigenvalue weighted by Gasteiger charge is 2.44. The second kappa shape index (κ2) is 10.7. The molecule has 0 aromatic heterocycles. The van der Waals surface area contributed by atoms with E-state index in [0.717, 1.165) is 24.6 Å². The molecule has 1 fully saturated rings. The molecule has 0 bridgehead atoms. The van der Waals surface area contributed by atoms with Crippen molar-refractivity contribution < 1.29 is 23.9 Å². The van der Waals surface area contributed by atoms with Crippen LogP contribution in [0.1, 0.15) is 31.2 Å². The van der Waals surface area contributed by atoms with Crippen LogP contribution in [0.3, 0.4) is 0 Å². The number of esters is 1. The molecule has 0 radical (unpaired) electrons. The third-order valence-corrected chi connectivity index (χ3v) is 6.69. The third kappa shape index (κ3) is 5.03. The molecule has 0 unspecified atom stereocenters. The van der Waals surface area contributed by atoms with E-state index < -0.39 is 23.7 Å². The summed E-state index contributed by atoms with van der Waals surface area (Å²) in [6, 6.07) is 7.02. The van der Waals surface area contributed by atoms with Crippen LogP contribution in [0.5, 0.6) is 5.75 Å². The van der Waals surface area contributed by atoms with E-state index in [0.29, 0.717) is 36.0 Å². The van der Waals surface area contributed by atoms with E-state index >= 15 is 0 Å². The first-order chi connectivity index (χ1) is 15.4. The van der Waals surface area contributed by atoms with Crippen molar-refractivity contribution in [1.29, 1.82) is 5.26 Å². The minimum Gasteiger partial charge on any atom is -0.492 e. The van der Waals surface area contributed by atoms with E-state index in [1.165, 1.54) is 7.11 Å². The van der Waals surface area contributed by atoms with Crippen molar-refractivity contribution in [2.45, 2.75) is 25.7 Å². The number of thioether (sulfide) groups is 1. The summed E-state index contributed by atoms with van der Waals surface area (Å²) in [5.41, 5.74) is 0.684. The number of carbonyl (C=O) groups is 3. The Morgan fingerprint density at radius 3 is 2.66 bits per heavy atom. The predicted octanol–water partition coefficient (Wildman–Crippen LogP) is 2.83. The maximum Gasteiger partial charge on any atom is 0.319 e. The number of amides is 2. The van der Waals surface area contributed by atoms with Crippen LogP contribution in [0, 0.1) is 17.2 Å². The molecule has 3 rings (SSSR count). The van der Waals surface area contributed by atoms with Gasteiger partial charge in [0.2, 0.25) is 11.8 Å². The van der Waals surface area contributed by atoms with E-state index in [2.05, 4.69) is 11.4 Å². The maximum absolute atomic E-state index is 12.9. The van der Waals surface area contributed by atoms with Gasteiger partial charge in [0.25, 0.3) is 0 Å². The zero-order valence-corrected chi connectivity index (χ0v) is 19.4. The van der Waals surface area contributed by atoms with Gasteiger partial charge in [-0.25, -0.2) is 0 Å².